The Hall–Kier alpha value is -0.330. The van der Waals surface area contributed by atoms with Gasteiger partial charge in [-0.15, -0.1) is 0 Å². The fraction of sp³-hybridized carbons (Fsp3) is 0.783. The number of hydrogen-bond acceptors (Lipinski definition) is 2. The Morgan fingerprint density at radius 2 is 1.62 bits per heavy atom. The first kappa shape index (κ1) is 23.7. The summed E-state index contributed by atoms with van der Waals surface area (Å²) in [4.78, 5) is 4.84. The second kappa shape index (κ2) is 8.78. The van der Waals surface area contributed by atoms with E-state index in [1.807, 2.05) is 0 Å². The summed E-state index contributed by atoms with van der Waals surface area (Å²) in [5.74, 6) is 0.740. The predicted molar refractivity (Wildman–Crippen MR) is 123 cm³/mol. The van der Waals surface area contributed by atoms with Crippen molar-refractivity contribution in [2.45, 2.75) is 82.1 Å². The summed E-state index contributed by atoms with van der Waals surface area (Å²) in [5.41, 5.74) is 3.31. The maximum absolute atomic E-state index is 5.64. The molecule has 0 saturated heterocycles. The van der Waals surface area contributed by atoms with E-state index in [2.05, 4.69) is 81.5 Å². The van der Waals surface area contributed by atoms with Crippen LogP contribution in [0.15, 0.2) is 27.5 Å². The Morgan fingerprint density at radius 3 is 2.00 bits per heavy atom. The molecule has 0 aliphatic heterocycles. The molecule has 2 unspecified atom stereocenters. The number of nitrogens with zero attached hydrogens (tertiary/aromatic N) is 1. The van der Waals surface area contributed by atoms with Gasteiger partial charge in [0.25, 0.3) is 0 Å². The van der Waals surface area contributed by atoms with E-state index in [0.29, 0.717) is 11.8 Å². The fourth-order valence-electron chi connectivity index (χ4n) is 3.82. The molecule has 3 heteroatoms. The van der Waals surface area contributed by atoms with Crippen LogP contribution in [-0.2, 0) is 11.8 Å². The second-order valence-electron chi connectivity index (χ2n) is 10.8. The Labute approximate surface area is 169 Å². The average Bonchev–Trinajstić information content (AvgIpc) is 2.46. The number of unbranched alkanes of at least 4 members (excludes halogenated alkanes) is 1. The molecule has 0 bridgehead atoms. The Morgan fingerprint density at radius 1 is 1.04 bits per heavy atom. The topological polar surface area (TPSA) is 12.4 Å². The molecular weight excluding hydrogens is 353 g/mol. The van der Waals surface area contributed by atoms with Crippen LogP contribution in [0.2, 0.25) is 0 Å². The summed E-state index contributed by atoms with van der Waals surface area (Å²) in [6.07, 6.45) is 7.07. The molecule has 0 aromatic carbocycles. The third kappa shape index (κ3) is 5.83. The molecule has 0 fully saturated rings. The van der Waals surface area contributed by atoms with E-state index in [-0.39, 0.29) is 16.2 Å². The van der Waals surface area contributed by atoms with Crippen LogP contribution in [0, 0.1) is 28.1 Å². The third-order valence-corrected chi connectivity index (χ3v) is 6.51. The Kier molecular flexibility index (Phi) is 8.01. The molecule has 0 amide bonds. The van der Waals surface area contributed by atoms with Crippen molar-refractivity contribution in [2.24, 2.45) is 33.1 Å². The van der Waals surface area contributed by atoms with E-state index in [9.17, 15) is 0 Å². The SMILES string of the molecule is CCCCN=CC1C(C(C)(C)C)=CC(C(C)(C)C)=C(P=S)C1C(C)(C)C. The van der Waals surface area contributed by atoms with Gasteiger partial charge in [-0.3, -0.25) is 4.99 Å². The lowest BCUT2D eigenvalue weighted by Gasteiger charge is -2.45. The summed E-state index contributed by atoms with van der Waals surface area (Å²) in [6.45, 7) is 24.2. The Bertz CT molecular complexity index is 591. The molecule has 1 aliphatic rings. The third-order valence-electron chi connectivity index (χ3n) is 5.20. The van der Waals surface area contributed by atoms with Gasteiger partial charge >= 0.3 is 0 Å². The van der Waals surface area contributed by atoms with E-state index in [1.54, 1.807) is 0 Å². The molecule has 1 nitrogen and oxygen atoms in total. The minimum Gasteiger partial charge on any atom is -0.297 e. The standard InChI is InChI=1S/C23H40NPS/c1-11-12-13-24-15-16-17(21(2,3)4)14-18(22(5,6)7)20(25-26)19(16)23(8,9)10/h14-16,19H,11-13H2,1-10H3. The lowest BCUT2D eigenvalue weighted by molar-refractivity contribution is 0.237. The van der Waals surface area contributed by atoms with Crippen LogP contribution < -0.4 is 0 Å². The lowest BCUT2D eigenvalue weighted by Crippen LogP contribution is -2.38. The highest BCUT2D eigenvalue weighted by Gasteiger charge is 2.43. The number of rotatable bonds is 5. The zero-order chi connectivity index (χ0) is 20.3. The Balaban J connectivity index is 3.65. The maximum atomic E-state index is 5.64. The molecule has 2 atom stereocenters. The highest BCUT2D eigenvalue weighted by molar-refractivity contribution is 7.98. The van der Waals surface area contributed by atoms with Gasteiger partial charge in [0.05, 0.1) is 0 Å². The monoisotopic (exact) mass is 393 g/mol. The van der Waals surface area contributed by atoms with Gasteiger partial charge in [0.2, 0.25) is 0 Å². The normalized spacial score (nSPS) is 23.1. The second-order valence-corrected chi connectivity index (χ2v) is 12.0. The minimum atomic E-state index is 0.103. The van der Waals surface area contributed by atoms with Crippen LogP contribution in [0.4, 0.5) is 0 Å². The van der Waals surface area contributed by atoms with Crippen molar-refractivity contribution in [1.29, 1.82) is 0 Å². The van der Waals surface area contributed by atoms with Gasteiger partial charge in [0.15, 0.2) is 0 Å². The van der Waals surface area contributed by atoms with Crippen molar-refractivity contribution < 1.29 is 0 Å². The summed E-state index contributed by atoms with van der Waals surface area (Å²) in [5, 5.41) is 1.43. The van der Waals surface area contributed by atoms with Crippen LogP contribution in [0.5, 0.6) is 0 Å². The molecule has 148 valence electrons. The first-order valence-corrected chi connectivity index (χ1v) is 12.0. The molecule has 1 rings (SSSR count). The molecule has 0 spiro atoms. The van der Waals surface area contributed by atoms with Gasteiger partial charge in [-0.25, -0.2) is 0 Å². The fourth-order valence-corrected chi connectivity index (χ4v) is 5.61. The molecule has 0 N–H and O–H groups in total. The van der Waals surface area contributed by atoms with Crippen molar-refractivity contribution in [1.82, 2.24) is 0 Å². The zero-order valence-corrected chi connectivity index (χ0v) is 20.4. The van der Waals surface area contributed by atoms with Crippen LogP contribution in [0.1, 0.15) is 82.1 Å². The van der Waals surface area contributed by atoms with Crippen LogP contribution in [0.25, 0.3) is 0 Å². The molecule has 0 aromatic heterocycles. The highest BCUT2D eigenvalue weighted by Crippen LogP contribution is 2.54. The highest BCUT2D eigenvalue weighted by atomic mass is 32.4. The molecule has 0 radical (unpaired) electrons. The van der Waals surface area contributed by atoms with Crippen molar-refractivity contribution >= 4 is 25.4 Å². The molecule has 0 heterocycles. The molecule has 26 heavy (non-hydrogen) atoms. The molecular formula is C23H40NPS. The van der Waals surface area contributed by atoms with Crippen LogP contribution in [0.3, 0.4) is 0 Å². The predicted octanol–water partition coefficient (Wildman–Crippen LogP) is 7.83. The maximum Gasteiger partial charge on any atom is 0.0385 e. The van der Waals surface area contributed by atoms with Gasteiger partial charge in [-0.2, -0.15) is 0 Å². The van der Waals surface area contributed by atoms with Gasteiger partial charge in [-0.1, -0.05) is 99.1 Å². The molecule has 0 aromatic rings. The largest absolute Gasteiger partial charge is 0.297 e. The van der Waals surface area contributed by atoms with Gasteiger partial charge in [-0.05, 0) is 33.6 Å². The van der Waals surface area contributed by atoms with Crippen LogP contribution >= 0.6 is 7.36 Å². The summed E-state index contributed by atoms with van der Waals surface area (Å²) < 4.78 is 0. The summed E-state index contributed by atoms with van der Waals surface area (Å²) >= 11 is 5.64. The first-order valence-electron chi connectivity index (χ1n) is 10.0. The smallest absolute Gasteiger partial charge is 0.0385 e. The summed E-state index contributed by atoms with van der Waals surface area (Å²) in [6, 6.07) is 0. The van der Waals surface area contributed by atoms with E-state index in [1.165, 1.54) is 22.9 Å². The van der Waals surface area contributed by atoms with Crippen LogP contribution in [-0.4, -0.2) is 12.8 Å². The van der Waals surface area contributed by atoms with Crippen molar-refractivity contribution in [3.8, 4) is 0 Å². The van der Waals surface area contributed by atoms with Gasteiger partial charge < -0.3 is 0 Å². The lowest BCUT2D eigenvalue weighted by atomic mass is 9.61. The van der Waals surface area contributed by atoms with Crippen molar-refractivity contribution in [3.63, 3.8) is 0 Å². The van der Waals surface area contributed by atoms with E-state index >= 15 is 0 Å². The summed E-state index contributed by atoms with van der Waals surface area (Å²) in [7, 11) is 0.984. The van der Waals surface area contributed by atoms with Gasteiger partial charge in [0, 0.05) is 32.0 Å². The van der Waals surface area contributed by atoms with Gasteiger partial charge in [0.1, 0.15) is 0 Å². The van der Waals surface area contributed by atoms with Crippen molar-refractivity contribution in [2.75, 3.05) is 6.54 Å². The zero-order valence-electron chi connectivity index (χ0n) is 18.7. The first-order chi connectivity index (χ1) is 11.7. The number of allylic oxidation sites excluding steroid dienone is 4. The number of aliphatic imine (C=N–C) groups is 1. The van der Waals surface area contributed by atoms with E-state index in [0.717, 1.165) is 20.3 Å². The van der Waals surface area contributed by atoms with Crippen molar-refractivity contribution in [3.05, 3.63) is 22.5 Å². The van der Waals surface area contributed by atoms with E-state index < -0.39 is 0 Å². The van der Waals surface area contributed by atoms with E-state index in [4.69, 9.17) is 16.8 Å². The quantitative estimate of drug-likeness (QED) is 0.263. The minimum absolute atomic E-state index is 0.103. The molecule has 1 aliphatic carbocycles. The molecule has 0 saturated carbocycles. The average molecular weight is 394 g/mol. The number of hydrogen-bond donors (Lipinski definition) is 0.